The maximum atomic E-state index is 10.8. The van der Waals surface area contributed by atoms with Gasteiger partial charge in [-0.15, -0.1) is 0 Å². The number of rotatable bonds is 6. The van der Waals surface area contributed by atoms with Crippen molar-refractivity contribution in [2.45, 2.75) is 31.4 Å². The van der Waals surface area contributed by atoms with Crippen molar-refractivity contribution in [3.63, 3.8) is 0 Å². The minimum atomic E-state index is -0.573. The Kier molecular flexibility index (Phi) is 6.27. The average Bonchev–Trinajstić information content (AvgIpc) is 2.68. The molecule has 1 aliphatic rings. The monoisotopic (exact) mass is 322 g/mol. The Morgan fingerprint density at radius 2 is 1.96 bits per heavy atom. The molecular weight excluding hydrogens is 292 g/mol. The highest BCUT2D eigenvalue weighted by atomic mass is 16.5. The molecule has 1 saturated heterocycles. The molecule has 1 aromatic carbocycles. The lowest BCUT2D eigenvalue weighted by molar-refractivity contribution is 0.00257. The molecule has 1 heterocycles. The number of methoxy groups -OCH3 is 2. The predicted octanol–water partition coefficient (Wildman–Crippen LogP) is 1.98. The number of nitrogens with zero attached hydrogens (tertiary/aromatic N) is 2. The first-order chi connectivity index (χ1) is 11.0. The molecule has 0 radical (unpaired) electrons. The largest absolute Gasteiger partial charge is 0.493 e. The molecule has 2 rings (SSSR count). The van der Waals surface area contributed by atoms with Crippen LogP contribution in [0.5, 0.6) is 11.5 Å². The van der Waals surface area contributed by atoms with Crippen LogP contribution >= 0.6 is 0 Å². The van der Waals surface area contributed by atoms with Gasteiger partial charge in [-0.3, -0.25) is 4.90 Å². The predicted molar refractivity (Wildman–Crippen MR) is 92.2 cm³/mol. The first-order valence-corrected chi connectivity index (χ1v) is 8.27. The fourth-order valence-electron chi connectivity index (χ4n) is 3.46. The zero-order valence-corrected chi connectivity index (χ0v) is 14.8. The van der Waals surface area contributed by atoms with Crippen LogP contribution in [0.4, 0.5) is 0 Å². The number of ether oxygens (including phenoxy) is 2. The van der Waals surface area contributed by atoms with E-state index in [9.17, 15) is 5.11 Å². The van der Waals surface area contributed by atoms with Crippen molar-refractivity contribution in [3.05, 3.63) is 23.8 Å². The molecule has 0 spiro atoms. The van der Waals surface area contributed by atoms with Gasteiger partial charge in [0.05, 0.1) is 19.8 Å². The molecule has 130 valence electrons. The van der Waals surface area contributed by atoms with Crippen LogP contribution < -0.4 is 9.47 Å². The third kappa shape index (κ3) is 4.83. The summed E-state index contributed by atoms with van der Waals surface area (Å²) in [5.41, 5.74) is 0.557. The van der Waals surface area contributed by atoms with Crippen LogP contribution in [0.25, 0.3) is 0 Å². The second-order valence-corrected chi connectivity index (χ2v) is 6.74. The van der Waals surface area contributed by atoms with Gasteiger partial charge in [0.15, 0.2) is 11.5 Å². The lowest BCUT2D eigenvalue weighted by Crippen LogP contribution is -2.40. The van der Waals surface area contributed by atoms with Crippen molar-refractivity contribution in [2.75, 3.05) is 47.9 Å². The van der Waals surface area contributed by atoms with Crippen LogP contribution in [0, 0.1) is 0 Å². The number of likely N-dealkylation sites (N-methyl/N-ethyl adjacent to an activating group) is 1. The molecule has 1 aromatic rings. The Hall–Kier alpha value is -1.30. The van der Waals surface area contributed by atoms with Gasteiger partial charge < -0.3 is 19.5 Å². The SMILES string of the molecule is COc1cccc(CN2CCC[C@@](O)(CN(C)C)CC2)c1OC. The van der Waals surface area contributed by atoms with Crippen molar-refractivity contribution < 1.29 is 14.6 Å². The smallest absolute Gasteiger partial charge is 0.165 e. The normalized spacial score (nSPS) is 22.9. The van der Waals surface area contributed by atoms with Crippen molar-refractivity contribution in [1.82, 2.24) is 9.80 Å². The number of hydrogen-bond acceptors (Lipinski definition) is 5. The number of likely N-dealkylation sites (tertiary alicyclic amines) is 1. The van der Waals surface area contributed by atoms with Crippen LogP contribution in [-0.4, -0.2) is 68.5 Å². The third-order valence-corrected chi connectivity index (χ3v) is 4.50. The number of para-hydroxylation sites is 1. The quantitative estimate of drug-likeness (QED) is 0.868. The van der Waals surface area contributed by atoms with E-state index in [0.29, 0.717) is 0 Å². The second-order valence-electron chi connectivity index (χ2n) is 6.74. The van der Waals surface area contributed by atoms with E-state index in [0.717, 1.165) is 62.5 Å². The van der Waals surface area contributed by atoms with Gasteiger partial charge in [0.1, 0.15) is 0 Å². The van der Waals surface area contributed by atoms with Crippen LogP contribution in [0.1, 0.15) is 24.8 Å². The van der Waals surface area contributed by atoms with Crippen LogP contribution in [0.2, 0.25) is 0 Å². The highest BCUT2D eigenvalue weighted by Crippen LogP contribution is 2.32. The molecule has 1 N–H and O–H groups in total. The van der Waals surface area contributed by atoms with Crippen molar-refractivity contribution in [1.29, 1.82) is 0 Å². The Bertz CT molecular complexity index is 507. The summed E-state index contributed by atoms with van der Waals surface area (Å²) in [5.74, 6) is 1.58. The van der Waals surface area contributed by atoms with Gasteiger partial charge in [0.25, 0.3) is 0 Å². The van der Waals surface area contributed by atoms with Crippen LogP contribution in [-0.2, 0) is 6.54 Å². The molecule has 1 atom stereocenters. The number of aliphatic hydroxyl groups is 1. The summed E-state index contributed by atoms with van der Waals surface area (Å²) in [6, 6.07) is 6.00. The van der Waals surface area contributed by atoms with E-state index in [1.54, 1.807) is 14.2 Å². The fourth-order valence-corrected chi connectivity index (χ4v) is 3.46. The maximum Gasteiger partial charge on any atom is 0.165 e. The molecule has 5 nitrogen and oxygen atoms in total. The van der Waals surface area contributed by atoms with E-state index < -0.39 is 5.60 Å². The minimum Gasteiger partial charge on any atom is -0.493 e. The summed E-state index contributed by atoms with van der Waals surface area (Å²) < 4.78 is 10.9. The Balaban J connectivity index is 2.04. The average molecular weight is 322 g/mol. The van der Waals surface area contributed by atoms with E-state index in [2.05, 4.69) is 15.9 Å². The zero-order chi connectivity index (χ0) is 16.9. The number of benzene rings is 1. The van der Waals surface area contributed by atoms with Gasteiger partial charge in [0.2, 0.25) is 0 Å². The van der Waals surface area contributed by atoms with Gasteiger partial charge >= 0.3 is 0 Å². The van der Waals surface area contributed by atoms with E-state index in [4.69, 9.17) is 9.47 Å². The standard InChI is InChI=1S/C18H30N2O3/c1-19(2)14-18(21)9-6-11-20(12-10-18)13-15-7-5-8-16(22-3)17(15)23-4/h5,7-8,21H,6,9-14H2,1-4H3/t18-/m0/s1. The lowest BCUT2D eigenvalue weighted by Gasteiger charge is -2.30. The molecule has 23 heavy (non-hydrogen) atoms. The molecule has 1 aliphatic heterocycles. The molecule has 0 amide bonds. The second kappa shape index (κ2) is 7.99. The summed E-state index contributed by atoms with van der Waals surface area (Å²) in [5, 5.41) is 10.8. The van der Waals surface area contributed by atoms with Gasteiger partial charge in [0, 0.05) is 25.2 Å². The Morgan fingerprint density at radius 3 is 2.61 bits per heavy atom. The summed E-state index contributed by atoms with van der Waals surface area (Å²) >= 11 is 0. The minimum absolute atomic E-state index is 0.573. The molecule has 1 fully saturated rings. The molecule has 0 unspecified atom stereocenters. The van der Waals surface area contributed by atoms with Crippen LogP contribution in [0.15, 0.2) is 18.2 Å². The topological polar surface area (TPSA) is 45.2 Å². The number of hydrogen-bond donors (Lipinski definition) is 1. The molecule has 0 bridgehead atoms. The molecule has 0 aliphatic carbocycles. The molecule has 0 aromatic heterocycles. The van der Waals surface area contributed by atoms with Crippen molar-refractivity contribution in [3.8, 4) is 11.5 Å². The van der Waals surface area contributed by atoms with E-state index in [-0.39, 0.29) is 0 Å². The molecule has 5 heteroatoms. The summed E-state index contributed by atoms with van der Waals surface area (Å²) in [4.78, 5) is 4.46. The highest BCUT2D eigenvalue weighted by molar-refractivity contribution is 5.46. The van der Waals surface area contributed by atoms with E-state index >= 15 is 0 Å². The van der Waals surface area contributed by atoms with Crippen molar-refractivity contribution >= 4 is 0 Å². The lowest BCUT2D eigenvalue weighted by atomic mass is 9.94. The maximum absolute atomic E-state index is 10.8. The third-order valence-electron chi connectivity index (χ3n) is 4.50. The summed E-state index contributed by atoms with van der Waals surface area (Å²) in [7, 11) is 7.37. The Labute approximate surface area is 139 Å². The zero-order valence-electron chi connectivity index (χ0n) is 14.8. The highest BCUT2D eigenvalue weighted by Gasteiger charge is 2.30. The van der Waals surface area contributed by atoms with Gasteiger partial charge in [-0.25, -0.2) is 0 Å². The first kappa shape index (κ1) is 18.0. The van der Waals surface area contributed by atoms with Gasteiger partial charge in [-0.05, 0) is 46.0 Å². The Morgan fingerprint density at radius 1 is 1.17 bits per heavy atom. The van der Waals surface area contributed by atoms with Gasteiger partial charge in [-0.2, -0.15) is 0 Å². The summed E-state index contributed by atoms with van der Waals surface area (Å²) in [6.45, 7) is 3.43. The van der Waals surface area contributed by atoms with Crippen molar-refractivity contribution in [2.24, 2.45) is 0 Å². The molecule has 0 saturated carbocycles. The fraction of sp³-hybridized carbons (Fsp3) is 0.667. The molecular formula is C18H30N2O3. The van der Waals surface area contributed by atoms with Gasteiger partial charge in [-0.1, -0.05) is 12.1 Å². The van der Waals surface area contributed by atoms with Crippen LogP contribution in [0.3, 0.4) is 0 Å². The van der Waals surface area contributed by atoms with E-state index in [1.807, 2.05) is 26.2 Å². The van der Waals surface area contributed by atoms with E-state index in [1.165, 1.54) is 0 Å². The summed E-state index contributed by atoms with van der Waals surface area (Å²) in [6.07, 6.45) is 2.67. The first-order valence-electron chi connectivity index (χ1n) is 8.27.